The summed E-state index contributed by atoms with van der Waals surface area (Å²) >= 11 is 0. The molecule has 0 aliphatic carbocycles. The Kier molecular flexibility index (Phi) is 3.28. The molecule has 2 heterocycles. The van der Waals surface area contributed by atoms with E-state index < -0.39 is 0 Å². The third-order valence-corrected chi connectivity index (χ3v) is 3.99. The van der Waals surface area contributed by atoms with E-state index in [0.717, 1.165) is 10.9 Å². The summed E-state index contributed by atoms with van der Waals surface area (Å²) in [5.74, 6) is 0.245. The fourth-order valence-corrected chi connectivity index (χ4v) is 2.76. The summed E-state index contributed by atoms with van der Waals surface area (Å²) in [5, 5.41) is 24.2. The van der Waals surface area contributed by atoms with E-state index in [1.54, 1.807) is 6.92 Å². The predicted octanol–water partition coefficient (Wildman–Crippen LogP) is 2.48. The average Bonchev–Trinajstić information content (AvgIpc) is 2.95. The van der Waals surface area contributed by atoms with Crippen molar-refractivity contribution in [2.75, 3.05) is 0 Å². The number of H-pyrrole nitrogens is 1. The Hall–Kier alpha value is -3.61. The maximum absolute atomic E-state index is 12.8. The predicted molar refractivity (Wildman–Crippen MR) is 95.4 cm³/mol. The van der Waals surface area contributed by atoms with Crippen LogP contribution in [0.4, 0.5) is 0 Å². The van der Waals surface area contributed by atoms with E-state index in [4.69, 9.17) is 0 Å². The molecule has 2 aromatic carbocycles. The highest BCUT2D eigenvalue weighted by molar-refractivity contribution is 6.04. The van der Waals surface area contributed by atoms with E-state index in [-0.39, 0.29) is 17.1 Å². The summed E-state index contributed by atoms with van der Waals surface area (Å²) in [4.78, 5) is 20.3. The van der Waals surface area contributed by atoms with Crippen LogP contribution in [0.5, 0.6) is 11.5 Å². The van der Waals surface area contributed by atoms with E-state index in [9.17, 15) is 15.0 Å². The normalized spacial score (nSPS) is 11.7. The molecule has 0 saturated heterocycles. The van der Waals surface area contributed by atoms with Crippen LogP contribution in [-0.4, -0.2) is 31.1 Å². The number of hydrogen-bond acceptors (Lipinski definition) is 5. The topological polar surface area (TPSA) is 104 Å². The number of aromatic nitrogens is 3. The van der Waals surface area contributed by atoms with Crippen molar-refractivity contribution in [1.82, 2.24) is 14.6 Å². The van der Waals surface area contributed by atoms with Gasteiger partial charge in [0.15, 0.2) is 0 Å². The number of aromatic hydroxyl groups is 2. The summed E-state index contributed by atoms with van der Waals surface area (Å²) in [5.41, 5.74) is 1.87. The molecule has 2 aromatic heterocycles. The van der Waals surface area contributed by atoms with Crippen LogP contribution in [0.25, 0.3) is 21.9 Å². The molecule has 4 rings (SSSR count). The molecule has 7 nitrogen and oxygen atoms in total. The maximum Gasteiger partial charge on any atom is 0.298 e. The summed E-state index contributed by atoms with van der Waals surface area (Å²) in [6, 6.07) is 11.7. The Morgan fingerprint density at radius 3 is 2.80 bits per heavy atom. The third-order valence-electron chi connectivity index (χ3n) is 3.99. The fraction of sp³-hybridized carbons (Fsp3) is 0.0556. The molecule has 0 radical (unpaired) electrons. The number of fused-ring (bicyclic) bond motifs is 3. The van der Waals surface area contributed by atoms with Crippen LogP contribution in [0.3, 0.4) is 0 Å². The second-order valence-electron chi connectivity index (χ2n) is 5.66. The van der Waals surface area contributed by atoms with Gasteiger partial charge in [-0.1, -0.05) is 18.2 Å². The SMILES string of the molecule is Cc1nc2c([nH]c3ccccc32)c(=O)n1/N=C\c1ccc(O)cc1O. The second-order valence-corrected chi connectivity index (χ2v) is 5.66. The number of aromatic amines is 1. The molecule has 0 fully saturated rings. The monoisotopic (exact) mass is 334 g/mol. The molecule has 4 aromatic rings. The van der Waals surface area contributed by atoms with Gasteiger partial charge in [-0.2, -0.15) is 9.78 Å². The zero-order valence-electron chi connectivity index (χ0n) is 13.3. The first-order valence-electron chi connectivity index (χ1n) is 7.61. The number of benzene rings is 2. The van der Waals surface area contributed by atoms with Crippen LogP contribution < -0.4 is 5.56 Å². The van der Waals surface area contributed by atoms with Gasteiger partial charge in [0.25, 0.3) is 5.56 Å². The van der Waals surface area contributed by atoms with Gasteiger partial charge in [0.2, 0.25) is 0 Å². The number of phenolic OH excluding ortho intramolecular Hbond substituents is 2. The number of para-hydroxylation sites is 1. The van der Waals surface area contributed by atoms with Gasteiger partial charge in [0, 0.05) is 22.5 Å². The number of hydrogen-bond donors (Lipinski definition) is 3. The molecule has 7 heteroatoms. The number of phenols is 2. The van der Waals surface area contributed by atoms with Crippen molar-refractivity contribution in [2.45, 2.75) is 6.92 Å². The van der Waals surface area contributed by atoms with Crippen molar-refractivity contribution in [3.8, 4) is 11.5 Å². The Balaban J connectivity index is 1.88. The minimum Gasteiger partial charge on any atom is -0.508 e. The molecule has 25 heavy (non-hydrogen) atoms. The van der Waals surface area contributed by atoms with Gasteiger partial charge >= 0.3 is 0 Å². The average molecular weight is 334 g/mol. The van der Waals surface area contributed by atoms with E-state index in [1.807, 2.05) is 24.3 Å². The van der Waals surface area contributed by atoms with Gasteiger partial charge in [-0.25, -0.2) is 4.98 Å². The molecule has 0 aliphatic heterocycles. The van der Waals surface area contributed by atoms with Crippen LogP contribution in [0.1, 0.15) is 11.4 Å². The minimum atomic E-state index is -0.326. The molecule has 0 spiro atoms. The lowest BCUT2D eigenvalue weighted by atomic mass is 10.2. The fourth-order valence-electron chi connectivity index (χ4n) is 2.76. The second kappa shape index (κ2) is 5.48. The van der Waals surface area contributed by atoms with Gasteiger partial charge < -0.3 is 15.2 Å². The van der Waals surface area contributed by atoms with Gasteiger partial charge in [-0.3, -0.25) is 4.79 Å². The smallest absolute Gasteiger partial charge is 0.298 e. The Bertz CT molecular complexity index is 1200. The van der Waals surface area contributed by atoms with Crippen LogP contribution in [-0.2, 0) is 0 Å². The molecular formula is C18H14N4O3. The molecule has 3 N–H and O–H groups in total. The molecule has 124 valence electrons. The van der Waals surface area contributed by atoms with Crippen molar-refractivity contribution in [1.29, 1.82) is 0 Å². The van der Waals surface area contributed by atoms with Crippen molar-refractivity contribution in [3.63, 3.8) is 0 Å². The zero-order valence-corrected chi connectivity index (χ0v) is 13.3. The van der Waals surface area contributed by atoms with Crippen molar-refractivity contribution in [3.05, 3.63) is 64.2 Å². The highest BCUT2D eigenvalue weighted by Crippen LogP contribution is 2.22. The Morgan fingerprint density at radius 1 is 1.20 bits per heavy atom. The zero-order chi connectivity index (χ0) is 17.6. The van der Waals surface area contributed by atoms with E-state index in [0.29, 0.717) is 22.4 Å². The molecule has 0 aliphatic rings. The number of nitrogens with one attached hydrogen (secondary N) is 1. The molecule has 0 saturated carbocycles. The summed E-state index contributed by atoms with van der Waals surface area (Å²) in [6.07, 6.45) is 1.35. The number of aryl methyl sites for hydroxylation is 1. The summed E-state index contributed by atoms with van der Waals surface area (Å²) < 4.78 is 1.17. The van der Waals surface area contributed by atoms with Gasteiger partial charge in [0.1, 0.15) is 28.4 Å². The van der Waals surface area contributed by atoms with Crippen LogP contribution in [0.15, 0.2) is 52.4 Å². The number of nitrogens with zero attached hydrogens (tertiary/aromatic N) is 3. The highest BCUT2D eigenvalue weighted by Gasteiger charge is 2.12. The lowest BCUT2D eigenvalue weighted by Crippen LogP contribution is -2.20. The highest BCUT2D eigenvalue weighted by atomic mass is 16.3. The lowest BCUT2D eigenvalue weighted by molar-refractivity contribution is 0.450. The van der Waals surface area contributed by atoms with Crippen LogP contribution in [0, 0.1) is 6.92 Å². The minimum absolute atomic E-state index is 0.0517. The standard InChI is InChI=1S/C18H14N4O3/c1-10-20-16-13-4-2-3-5-14(13)21-17(16)18(25)22(10)19-9-11-6-7-12(23)8-15(11)24/h2-9,21,23-24H,1H3/b19-9-. The first kappa shape index (κ1) is 14.9. The summed E-state index contributed by atoms with van der Waals surface area (Å²) in [7, 11) is 0. The first-order valence-corrected chi connectivity index (χ1v) is 7.61. The largest absolute Gasteiger partial charge is 0.508 e. The van der Waals surface area contributed by atoms with Crippen LogP contribution in [0.2, 0.25) is 0 Å². The Morgan fingerprint density at radius 2 is 2.00 bits per heavy atom. The molecule has 0 bridgehead atoms. The van der Waals surface area contributed by atoms with Gasteiger partial charge in [-0.15, -0.1) is 0 Å². The molecule has 0 amide bonds. The van der Waals surface area contributed by atoms with E-state index in [1.165, 1.54) is 29.1 Å². The number of rotatable bonds is 2. The third kappa shape index (κ3) is 2.42. The summed E-state index contributed by atoms with van der Waals surface area (Å²) in [6.45, 7) is 1.69. The van der Waals surface area contributed by atoms with Gasteiger partial charge in [0.05, 0.1) is 6.21 Å². The Labute approximate surface area is 141 Å². The van der Waals surface area contributed by atoms with Crippen molar-refractivity contribution < 1.29 is 10.2 Å². The molecule has 0 atom stereocenters. The quantitative estimate of drug-likeness (QED) is 0.490. The van der Waals surface area contributed by atoms with E-state index >= 15 is 0 Å². The molecule has 0 unspecified atom stereocenters. The first-order chi connectivity index (χ1) is 12.0. The van der Waals surface area contributed by atoms with Crippen LogP contribution >= 0.6 is 0 Å². The molecular weight excluding hydrogens is 320 g/mol. The van der Waals surface area contributed by atoms with E-state index in [2.05, 4.69) is 15.1 Å². The van der Waals surface area contributed by atoms with Gasteiger partial charge in [-0.05, 0) is 25.1 Å². The van der Waals surface area contributed by atoms with Crippen molar-refractivity contribution in [2.24, 2.45) is 5.10 Å². The lowest BCUT2D eigenvalue weighted by Gasteiger charge is -2.04. The maximum atomic E-state index is 12.8. The van der Waals surface area contributed by atoms with Crippen molar-refractivity contribution >= 4 is 28.2 Å².